The van der Waals surface area contributed by atoms with Gasteiger partial charge in [-0.15, -0.1) is 0 Å². The predicted octanol–water partition coefficient (Wildman–Crippen LogP) is 3.68. The minimum atomic E-state index is 0.0107. The van der Waals surface area contributed by atoms with Crippen LogP contribution in [0.15, 0.2) is 54.7 Å². The lowest BCUT2D eigenvalue weighted by Gasteiger charge is -2.11. The lowest BCUT2D eigenvalue weighted by atomic mass is 10.1. The number of aryl methyl sites for hydroxylation is 1. The first kappa shape index (κ1) is 18.0. The second-order valence-corrected chi connectivity index (χ2v) is 6.58. The number of benzene rings is 2. The summed E-state index contributed by atoms with van der Waals surface area (Å²) in [4.78, 5) is 17.5. The molecule has 0 bridgehead atoms. The van der Waals surface area contributed by atoms with Gasteiger partial charge in [-0.05, 0) is 56.4 Å². The summed E-state index contributed by atoms with van der Waals surface area (Å²) in [7, 11) is 4.02. The summed E-state index contributed by atoms with van der Waals surface area (Å²) in [6.07, 6.45) is 3.14. The van der Waals surface area contributed by atoms with E-state index in [4.69, 9.17) is 4.74 Å². The van der Waals surface area contributed by atoms with Crippen LogP contribution in [0, 0.1) is 0 Å². The lowest BCUT2D eigenvalue weighted by molar-refractivity contribution is -0.116. The predicted molar refractivity (Wildman–Crippen MR) is 106 cm³/mol. The molecule has 0 atom stereocenters. The molecule has 0 fully saturated rings. The van der Waals surface area contributed by atoms with Crippen LogP contribution in [-0.4, -0.2) is 43.0 Å². The van der Waals surface area contributed by atoms with Crippen LogP contribution < -0.4 is 10.1 Å². The van der Waals surface area contributed by atoms with Crippen molar-refractivity contribution in [2.24, 2.45) is 0 Å². The average Bonchev–Trinajstić information content (AvgIpc) is 3.04. The quantitative estimate of drug-likeness (QED) is 0.651. The highest BCUT2D eigenvalue weighted by Gasteiger charge is 2.07. The molecule has 1 heterocycles. The first-order valence-electron chi connectivity index (χ1n) is 8.84. The van der Waals surface area contributed by atoms with E-state index in [-0.39, 0.29) is 5.91 Å². The molecule has 5 nitrogen and oxygen atoms in total. The van der Waals surface area contributed by atoms with Crippen LogP contribution in [0.1, 0.15) is 12.0 Å². The number of fused-ring (bicyclic) bond motifs is 1. The monoisotopic (exact) mass is 351 g/mol. The molecule has 2 aromatic carbocycles. The number of rotatable bonds is 8. The van der Waals surface area contributed by atoms with E-state index >= 15 is 0 Å². The van der Waals surface area contributed by atoms with Crippen LogP contribution in [0.25, 0.3) is 10.9 Å². The molecule has 136 valence electrons. The van der Waals surface area contributed by atoms with Gasteiger partial charge in [-0.3, -0.25) is 4.79 Å². The average molecular weight is 351 g/mol. The Kier molecular flexibility index (Phi) is 5.92. The van der Waals surface area contributed by atoms with E-state index in [2.05, 4.69) is 21.3 Å². The molecule has 5 heteroatoms. The zero-order valence-corrected chi connectivity index (χ0v) is 15.3. The molecule has 0 aliphatic carbocycles. The third kappa shape index (κ3) is 4.86. The highest BCUT2D eigenvalue weighted by atomic mass is 16.5. The summed E-state index contributed by atoms with van der Waals surface area (Å²) in [5.74, 6) is 0.820. The molecule has 1 aromatic heterocycles. The van der Waals surface area contributed by atoms with Gasteiger partial charge in [0.15, 0.2) is 0 Å². The van der Waals surface area contributed by atoms with Gasteiger partial charge in [0.1, 0.15) is 12.4 Å². The minimum absolute atomic E-state index is 0.0107. The van der Waals surface area contributed by atoms with Crippen LogP contribution in [0.2, 0.25) is 0 Å². The van der Waals surface area contributed by atoms with Gasteiger partial charge in [-0.2, -0.15) is 0 Å². The van der Waals surface area contributed by atoms with Crippen molar-refractivity contribution < 1.29 is 9.53 Å². The molecule has 0 saturated carbocycles. The molecule has 1 amide bonds. The van der Waals surface area contributed by atoms with Crippen molar-refractivity contribution in [1.29, 1.82) is 0 Å². The second-order valence-electron chi connectivity index (χ2n) is 6.58. The molecule has 3 rings (SSSR count). The van der Waals surface area contributed by atoms with Gasteiger partial charge < -0.3 is 19.9 Å². The number of nitrogens with zero attached hydrogens (tertiary/aromatic N) is 1. The zero-order chi connectivity index (χ0) is 18.4. The minimum Gasteiger partial charge on any atom is -0.492 e. The van der Waals surface area contributed by atoms with Crippen LogP contribution in [0.3, 0.4) is 0 Å². The second kappa shape index (κ2) is 8.54. The molecule has 0 radical (unpaired) electrons. The molecule has 0 spiro atoms. The number of aromatic nitrogens is 1. The van der Waals surface area contributed by atoms with E-state index in [1.807, 2.05) is 62.8 Å². The number of nitrogens with one attached hydrogen (secondary N) is 2. The first-order valence-corrected chi connectivity index (χ1v) is 8.84. The first-order chi connectivity index (χ1) is 12.6. The van der Waals surface area contributed by atoms with Crippen molar-refractivity contribution in [3.8, 4) is 5.75 Å². The van der Waals surface area contributed by atoms with Gasteiger partial charge in [0, 0.05) is 35.8 Å². The Balaban J connectivity index is 1.48. The van der Waals surface area contributed by atoms with Crippen molar-refractivity contribution in [2.45, 2.75) is 12.8 Å². The van der Waals surface area contributed by atoms with E-state index in [0.29, 0.717) is 19.4 Å². The SMILES string of the molecule is CN(C)CCOc1ccc(NC(=O)CCc2c[nH]c3ccccc23)cc1. The number of aromatic amines is 1. The highest BCUT2D eigenvalue weighted by molar-refractivity contribution is 5.91. The number of anilines is 1. The van der Waals surface area contributed by atoms with E-state index in [9.17, 15) is 4.79 Å². The summed E-state index contributed by atoms with van der Waals surface area (Å²) in [6.45, 7) is 1.51. The van der Waals surface area contributed by atoms with Gasteiger partial charge in [0.05, 0.1) is 0 Å². The van der Waals surface area contributed by atoms with Gasteiger partial charge >= 0.3 is 0 Å². The number of carbonyl (C=O) groups excluding carboxylic acids is 1. The number of carbonyl (C=O) groups is 1. The fourth-order valence-electron chi connectivity index (χ4n) is 2.79. The summed E-state index contributed by atoms with van der Waals surface area (Å²) < 4.78 is 5.66. The Bertz CT molecular complexity index is 853. The molecular formula is C21H25N3O2. The van der Waals surface area contributed by atoms with E-state index in [0.717, 1.165) is 23.5 Å². The molecule has 0 aliphatic heterocycles. The van der Waals surface area contributed by atoms with E-state index in [1.54, 1.807) is 0 Å². The molecule has 26 heavy (non-hydrogen) atoms. The highest BCUT2D eigenvalue weighted by Crippen LogP contribution is 2.20. The largest absolute Gasteiger partial charge is 0.492 e. The number of amides is 1. The number of para-hydroxylation sites is 1. The van der Waals surface area contributed by atoms with E-state index in [1.165, 1.54) is 10.9 Å². The third-order valence-electron chi connectivity index (χ3n) is 4.24. The topological polar surface area (TPSA) is 57.4 Å². The molecule has 2 N–H and O–H groups in total. The van der Waals surface area contributed by atoms with Crippen molar-refractivity contribution in [2.75, 3.05) is 32.6 Å². The van der Waals surface area contributed by atoms with Crippen molar-refractivity contribution in [1.82, 2.24) is 9.88 Å². The molecule has 3 aromatic rings. The Morgan fingerprint density at radius 3 is 2.65 bits per heavy atom. The summed E-state index contributed by atoms with van der Waals surface area (Å²) in [6, 6.07) is 15.6. The normalized spacial score (nSPS) is 11.0. The van der Waals surface area contributed by atoms with Gasteiger partial charge in [-0.25, -0.2) is 0 Å². The number of H-pyrrole nitrogens is 1. The molecule has 0 aliphatic rings. The lowest BCUT2D eigenvalue weighted by Crippen LogP contribution is -2.19. The Hall–Kier alpha value is -2.79. The van der Waals surface area contributed by atoms with Gasteiger partial charge in [-0.1, -0.05) is 18.2 Å². The Morgan fingerprint density at radius 2 is 1.88 bits per heavy atom. The van der Waals surface area contributed by atoms with Crippen molar-refractivity contribution >= 4 is 22.5 Å². The Morgan fingerprint density at radius 1 is 1.12 bits per heavy atom. The number of hydrogen-bond acceptors (Lipinski definition) is 3. The Labute approximate surface area is 154 Å². The van der Waals surface area contributed by atoms with Crippen LogP contribution in [0.5, 0.6) is 5.75 Å². The maximum Gasteiger partial charge on any atom is 0.224 e. The smallest absolute Gasteiger partial charge is 0.224 e. The maximum absolute atomic E-state index is 12.2. The third-order valence-corrected chi connectivity index (χ3v) is 4.24. The molecule has 0 unspecified atom stereocenters. The zero-order valence-electron chi connectivity index (χ0n) is 15.3. The number of ether oxygens (including phenoxy) is 1. The number of hydrogen-bond donors (Lipinski definition) is 2. The molecule has 0 saturated heterocycles. The fraction of sp³-hybridized carbons (Fsp3) is 0.286. The standard InChI is InChI=1S/C21H25N3O2/c1-24(2)13-14-26-18-10-8-17(9-11-18)23-21(25)12-7-16-15-22-20-6-4-3-5-19(16)20/h3-6,8-11,15,22H,7,12-14H2,1-2H3,(H,23,25). The summed E-state index contributed by atoms with van der Waals surface area (Å²) in [5.41, 5.74) is 3.06. The van der Waals surface area contributed by atoms with Gasteiger partial charge in [0.2, 0.25) is 5.91 Å². The number of likely N-dealkylation sites (N-methyl/N-ethyl adjacent to an activating group) is 1. The van der Waals surface area contributed by atoms with Crippen molar-refractivity contribution in [3.05, 3.63) is 60.3 Å². The summed E-state index contributed by atoms with van der Waals surface area (Å²) in [5, 5.41) is 4.12. The van der Waals surface area contributed by atoms with Crippen molar-refractivity contribution in [3.63, 3.8) is 0 Å². The van der Waals surface area contributed by atoms with Gasteiger partial charge in [0.25, 0.3) is 0 Å². The molecular weight excluding hydrogens is 326 g/mol. The van der Waals surface area contributed by atoms with Crippen LogP contribution >= 0.6 is 0 Å². The maximum atomic E-state index is 12.2. The fourth-order valence-corrected chi connectivity index (χ4v) is 2.79. The van der Waals surface area contributed by atoms with Crippen LogP contribution in [-0.2, 0) is 11.2 Å². The van der Waals surface area contributed by atoms with Crippen LogP contribution in [0.4, 0.5) is 5.69 Å². The van der Waals surface area contributed by atoms with E-state index < -0.39 is 0 Å². The summed E-state index contributed by atoms with van der Waals surface area (Å²) >= 11 is 0.